The lowest BCUT2D eigenvalue weighted by atomic mass is 9.89. The molecule has 0 radical (unpaired) electrons. The molecule has 7 N–H and O–H groups in total. The van der Waals surface area contributed by atoms with Crippen molar-refractivity contribution in [3.05, 3.63) is 71.8 Å². The van der Waals surface area contributed by atoms with Crippen molar-refractivity contribution >= 4 is 23.7 Å². The molecule has 0 heterocycles. The Labute approximate surface area is 211 Å². The molecule has 2 aromatic carbocycles. The topological polar surface area (TPSA) is 171 Å². The first-order chi connectivity index (χ1) is 17.3. The lowest BCUT2D eigenvalue weighted by Gasteiger charge is -2.34. The number of unbranched alkanes of at least 4 members (excludes halogenated alkanes) is 1. The summed E-state index contributed by atoms with van der Waals surface area (Å²) < 4.78 is 0. The zero-order valence-electron chi connectivity index (χ0n) is 20.3. The van der Waals surface area contributed by atoms with Gasteiger partial charge in [0.25, 0.3) is 0 Å². The highest BCUT2D eigenvalue weighted by Crippen LogP contribution is 2.28. The summed E-state index contributed by atoms with van der Waals surface area (Å²) >= 11 is 0. The maximum Gasteiger partial charge on any atom is 0.322 e. The molecule has 10 heteroatoms. The first-order valence-corrected chi connectivity index (χ1v) is 11.9. The van der Waals surface area contributed by atoms with E-state index in [1.807, 2.05) is 60.7 Å². The third-order valence-electron chi connectivity index (χ3n) is 5.63. The third-order valence-corrected chi connectivity index (χ3v) is 5.63. The van der Waals surface area contributed by atoms with Crippen molar-refractivity contribution in [1.82, 2.24) is 10.2 Å². The number of aliphatic imine (C=N–C) groups is 1. The van der Waals surface area contributed by atoms with Crippen molar-refractivity contribution in [2.75, 3.05) is 26.2 Å². The lowest BCUT2D eigenvalue weighted by Crippen LogP contribution is -2.52. The molecular formula is C26H35N5O5. The van der Waals surface area contributed by atoms with Gasteiger partial charge in [-0.3, -0.25) is 19.4 Å². The molecule has 0 fully saturated rings. The van der Waals surface area contributed by atoms with Gasteiger partial charge in [-0.25, -0.2) is 0 Å². The maximum absolute atomic E-state index is 14.2. The molecule has 0 aromatic heterocycles. The van der Waals surface area contributed by atoms with Crippen LogP contribution in [-0.4, -0.2) is 71.1 Å². The van der Waals surface area contributed by atoms with Gasteiger partial charge in [0, 0.05) is 19.7 Å². The Morgan fingerprint density at radius 2 is 1.50 bits per heavy atom. The van der Waals surface area contributed by atoms with E-state index in [4.69, 9.17) is 16.6 Å². The van der Waals surface area contributed by atoms with E-state index in [0.29, 0.717) is 19.3 Å². The monoisotopic (exact) mass is 497 g/mol. The van der Waals surface area contributed by atoms with Gasteiger partial charge in [0.1, 0.15) is 12.6 Å². The Bertz CT molecular complexity index is 957. The van der Waals surface area contributed by atoms with Crippen molar-refractivity contribution in [1.29, 1.82) is 0 Å². The molecule has 194 valence electrons. The van der Waals surface area contributed by atoms with Gasteiger partial charge in [-0.15, -0.1) is 0 Å². The molecule has 36 heavy (non-hydrogen) atoms. The SMILES string of the molecule is NC(N)=NCCC[C@H](C(=O)NCC(=O)O)N(CCCCO)C(=O)C(c1ccccc1)c1ccccc1. The number of carboxylic acid groups (broad SMARTS) is 1. The Morgan fingerprint density at radius 1 is 0.917 bits per heavy atom. The molecule has 0 aliphatic heterocycles. The summed E-state index contributed by atoms with van der Waals surface area (Å²) in [6.07, 6.45) is 1.54. The van der Waals surface area contributed by atoms with Crippen molar-refractivity contribution in [3.63, 3.8) is 0 Å². The number of aliphatic hydroxyl groups excluding tert-OH is 1. The van der Waals surface area contributed by atoms with E-state index < -0.39 is 30.4 Å². The highest BCUT2D eigenvalue weighted by atomic mass is 16.4. The van der Waals surface area contributed by atoms with Crippen LogP contribution in [0.15, 0.2) is 65.7 Å². The van der Waals surface area contributed by atoms with Gasteiger partial charge in [0.05, 0.1) is 5.92 Å². The minimum Gasteiger partial charge on any atom is -0.480 e. The fourth-order valence-electron chi connectivity index (χ4n) is 3.95. The summed E-state index contributed by atoms with van der Waals surface area (Å²) in [4.78, 5) is 43.8. The van der Waals surface area contributed by atoms with Gasteiger partial charge < -0.3 is 31.9 Å². The minimum absolute atomic E-state index is 0.0524. The highest BCUT2D eigenvalue weighted by molar-refractivity contribution is 5.93. The number of nitrogens with one attached hydrogen (secondary N) is 1. The summed E-state index contributed by atoms with van der Waals surface area (Å²) in [5, 5.41) is 20.8. The number of aliphatic carboxylic acids is 1. The van der Waals surface area contributed by atoms with E-state index in [1.165, 1.54) is 4.90 Å². The maximum atomic E-state index is 14.2. The summed E-state index contributed by atoms with van der Waals surface area (Å²) in [5.74, 6) is -2.80. The van der Waals surface area contributed by atoms with Gasteiger partial charge in [-0.2, -0.15) is 0 Å². The Morgan fingerprint density at radius 3 is 2.00 bits per heavy atom. The van der Waals surface area contributed by atoms with Crippen LogP contribution in [0.3, 0.4) is 0 Å². The molecule has 0 aliphatic carbocycles. The van der Waals surface area contributed by atoms with Crippen molar-refractivity contribution < 1.29 is 24.6 Å². The second-order valence-corrected chi connectivity index (χ2v) is 8.29. The van der Waals surface area contributed by atoms with Crippen molar-refractivity contribution in [3.8, 4) is 0 Å². The van der Waals surface area contributed by atoms with Crippen molar-refractivity contribution in [2.45, 2.75) is 37.6 Å². The average Bonchev–Trinajstić information content (AvgIpc) is 2.87. The number of hydrogen-bond donors (Lipinski definition) is 5. The number of hydrogen-bond acceptors (Lipinski definition) is 5. The largest absolute Gasteiger partial charge is 0.480 e. The third kappa shape index (κ3) is 9.03. The van der Waals surface area contributed by atoms with Crippen LogP contribution in [0.1, 0.15) is 42.7 Å². The number of amides is 2. The number of aliphatic hydroxyl groups is 1. The van der Waals surface area contributed by atoms with Gasteiger partial charge in [-0.1, -0.05) is 60.7 Å². The molecule has 1 atom stereocenters. The molecule has 0 bridgehead atoms. The van der Waals surface area contributed by atoms with E-state index in [1.54, 1.807) is 0 Å². The number of rotatable bonds is 15. The normalized spacial score (nSPS) is 11.5. The molecule has 10 nitrogen and oxygen atoms in total. The molecule has 2 amide bonds. The first-order valence-electron chi connectivity index (χ1n) is 11.9. The fourth-order valence-corrected chi connectivity index (χ4v) is 3.95. The van der Waals surface area contributed by atoms with Crippen LogP contribution in [0.2, 0.25) is 0 Å². The quantitative estimate of drug-likeness (QED) is 0.139. The van der Waals surface area contributed by atoms with Gasteiger partial charge in [0.2, 0.25) is 11.8 Å². The molecule has 0 saturated carbocycles. The number of nitrogens with two attached hydrogens (primary N) is 2. The zero-order valence-corrected chi connectivity index (χ0v) is 20.3. The Kier molecular flexibility index (Phi) is 11.9. The van der Waals surface area contributed by atoms with Crippen LogP contribution in [0, 0.1) is 0 Å². The number of carbonyl (C=O) groups excluding carboxylic acids is 2. The average molecular weight is 498 g/mol. The molecule has 0 unspecified atom stereocenters. The predicted molar refractivity (Wildman–Crippen MR) is 137 cm³/mol. The van der Waals surface area contributed by atoms with Crippen LogP contribution in [0.4, 0.5) is 0 Å². The van der Waals surface area contributed by atoms with Gasteiger partial charge in [-0.05, 0) is 36.8 Å². The van der Waals surface area contributed by atoms with E-state index in [9.17, 15) is 19.5 Å². The fraction of sp³-hybridized carbons (Fsp3) is 0.385. The molecule has 0 saturated heterocycles. The van der Waals surface area contributed by atoms with E-state index >= 15 is 0 Å². The Balaban J connectivity index is 2.46. The van der Waals surface area contributed by atoms with E-state index in [2.05, 4.69) is 10.3 Å². The zero-order chi connectivity index (χ0) is 26.3. The van der Waals surface area contributed by atoms with Gasteiger partial charge >= 0.3 is 5.97 Å². The summed E-state index contributed by atoms with van der Waals surface area (Å²) in [7, 11) is 0. The number of carbonyl (C=O) groups is 3. The number of nitrogens with zero attached hydrogens (tertiary/aromatic N) is 2. The minimum atomic E-state index is -1.19. The summed E-state index contributed by atoms with van der Waals surface area (Å²) in [6.45, 7) is -0.153. The van der Waals surface area contributed by atoms with Gasteiger partial charge in [0.15, 0.2) is 5.96 Å². The standard InChI is InChI=1S/C26H35N5O5/c27-26(28)29-15-9-14-21(24(35)30-18-22(33)34)31(16-7-8-17-32)25(36)23(19-10-3-1-4-11-19)20-12-5-2-6-13-20/h1-6,10-13,21,23,32H,7-9,14-18H2,(H,30,35)(H,33,34)(H4,27,28,29)/t21-/m1/s1. The number of benzene rings is 2. The molecular weight excluding hydrogens is 462 g/mol. The Hall–Kier alpha value is -3.92. The van der Waals surface area contributed by atoms with Crippen LogP contribution < -0.4 is 16.8 Å². The smallest absolute Gasteiger partial charge is 0.322 e. The van der Waals surface area contributed by atoms with Crippen LogP contribution in [0.25, 0.3) is 0 Å². The number of carboxylic acids is 1. The highest BCUT2D eigenvalue weighted by Gasteiger charge is 2.34. The summed E-state index contributed by atoms with van der Waals surface area (Å²) in [5.41, 5.74) is 12.3. The van der Waals surface area contributed by atoms with Crippen LogP contribution in [0.5, 0.6) is 0 Å². The van der Waals surface area contributed by atoms with Crippen LogP contribution >= 0.6 is 0 Å². The summed E-state index contributed by atoms with van der Waals surface area (Å²) in [6, 6.07) is 17.6. The second-order valence-electron chi connectivity index (χ2n) is 8.29. The molecule has 0 aliphatic rings. The van der Waals surface area contributed by atoms with Crippen molar-refractivity contribution in [2.24, 2.45) is 16.5 Å². The molecule has 0 spiro atoms. The molecule has 2 rings (SSSR count). The lowest BCUT2D eigenvalue weighted by molar-refractivity contribution is -0.143. The molecule has 2 aromatic rings. The van der Waals surface area contributed by atoms with E-state index in [0.717, 1.165) is 11.1 Å². The predicted octanol–water partition coefficient (Wildman–Crippen LogP) is 1.04. The van der Waals surface area contributed by atoms with Crippen LogP contribution in [-0.2, 0) is 14.4 Å². The first kappa shape index (κ1) is 28.3. The second kappa shape index (κ2) is 15.2. The van der Waals surface area contributed by atoms with E-state index in [-0.39, 0.29) is 38.0 Å². The number of guanidine groups is 1.